The molecule has 1 amide bonds. The Hall–Kier alpha value is -1.96. The van der Waals surface area contributed by atoms with Crippen molar-refractivity contribution >= 4 is 18.3 Å². The topological polar surface area (TPSA) is 62.2 Å². The number of nitrogens with one attached hydrogen (secondary N) is 2. The first-order valence-electron chi connectivity index (χ1n) is 8.67. The van der Waals surface area contributed by atoms with Crippen LogP contribution in [-0.2, 0) is 0 Å². The van der Waals surface area contributed by atoms with E-state index in [2.05, 4.69) is 20.6 Å². The number of rotatable bonds is 6. The van der Waals surface area contributed by atoms with Crippen molar-refractivity contribution in [1.29, 1.82) is 0 Å². The number of para-hydroxylation sites is 1. The lowest BCUT2D eigenvalue weighted by atomic mass is 10.2. The molecule has 0 spiro atoms. The molecule has 2 N–H and O–H groups in total. The van der Waals surface area contributed by atoms with Crippen LogP contribution in [0.2, 0.25) is 0 Å². The lowest BCUT2D eigenvalue weighted by molar-refractivity contribution is 0.0950. The van der Waals surface area contributed by atoms with Gasteiger partial charge in [-0.25, -0.2) is 9.07 Å². The van der Waals surface area contributed by atoms with Crippen LogP contribution >= 0.6 is 12.4 Å². The number of amides is 1. The average molecular weight is 382 g/mol. The van der Waals surface area contributed by atoms with Gasteiger partial charge in [-0.2, -0.15) is 5.10 Å². The Kier molecular flexibility index (Phi) is 7.56. The summed E-state index contributed by atoms with van der Waals surface area (Å²) < 4.78 is 15.4. The summed E-state index contributed by atoms with van der Waals surface area (Å²) in [6.07, 6.45) is 2.40. The number of benzene rings is 1. The van der Waals surface area contributed by atoms with Gasteiger partial charge < -0.3 is 15.5 Å². The minimum absolute atomic E-state index is 0. The van der Waals surface area contributed by atoms with Crippen molar-refractivity contribution in [2.75, 3.05) is 39.3 Å². The predicted octanol–water partition coefficient (Wildman–Crippen LogP) is 1.77. The van der Waals surface area contributed by atoms with Crippen LogP contribution in [0.25, 0.3) is 5.69 Å². The first-order valence-corrected chi connectivity index (χ1v) is 8.67. The zero-order valence-corrected chi connectivity index (χ0v) is 15.7. The molecule has 0 atom stereocenters. The molecule has 26 heavy (non-hydrogen) atoms. The number of piperazine rings is 1. The normalized spacial score (nSPS) is 14.7. The maximum atomic E-state index is 13.9. The van der Waals surface area contributed by atoms with E-state index in [-0.39, 0.29) is 24.1 Å². The molecule has 0 bridgehead atoms. The van der Waals surface area contributed by atoms with Gasteiger partial charge in [0.25, 0.3) is 5.91 Å². The standard InChI is InChI=1S/C18H24FN5O.ClH/c1-14-15(13-22-24(14)17-6-3-2-5-16(17)19)18(25)21-7-4-10-23-11-8-20-9-12-23;/h2-3,5-6,13,20H,4,7-12H2,1H3,(H,21,25);1H. The van der Waals surface area contributed by atoms with E-state index >= 15 is 0 Å². The Balaban J connectivity index is 0.00000243. The molecule has 0 radical (unpaired) electrons. The summed E-state index contributed by atoms with van der Waals surface area (Å²) in [5, 5.41) is 10.4. The molecule has 1 aliphatic heterocycles. The Bertz CT molecular complexity index is 730. The Morgan fingerprint density at radius 3 is 2.77 bits per heavy atom. The molecule has 142 valence electrons. The van der Waals surface area contributed by atoms with Crippen LogP contribution in [0.3, 0.4) is 0 Å². The number of hydrogen-bond donors (Lipinski definition) is 2. The van der Waals surface area contributed by atoms with Crippen molar-refractivity contribution in [3.05, 3.63) is 47.5 Å². The van der Waals surface area contributed by atoms with E-state index in [9.17, 15) is 9.18 Å². The highest BCUT2D eigenvalue weighted by atomic mass is 35.5. The highest BCUT2D eigenvalue weighted by molar-refractivity contribution is 5.95. The van der Waals surface area contributed by atoms with Crippen molar-refractivity contribution in [3.63, 3.8) is 0 Å². The van der Waals surface area contributed by atoms with E-state index in [0.29, 0.717) is 23.5 Å². The van der Waals surface area contributed by atoms with E-state index in [0.717, 1.165) is 39.1 Å². The van der Waals surface area contributed by atoms with Crippen LogP contribution in [0.4, 0.5) is 4.39 Å². The Labute approximate surface area is 159 Å². The number of halogens is 2. The predicted molar refractivity (Wildman–Crippen MR) is 102 cm³/mol. The fourth-order valence-electron chi connectivity index (χ4n) is 3.03. The maximum Gasteiger partial charge on any atom is 0.254 e. The first kappa shape index (κ1) is 20.4. The van der Waals surface area contributed by atoms with E-state index in [4.69, 9.17) is 0 Å². The minimum atomic E-state index is -0.364. The third kappa shape index (κ3) is 4.81. The second-order valence-corrected chi connectivity index (χ2v) is 6.21. The molecule has 0 unspecified atom stereocenters. The average Bonchev–Trinajstić information content (AvgIpc) is 3.01. The highest BCUT2D eigenvalue weighted by Crippen LogP contribution is 2.16. The number of hydrogen-bond acceptors (Lipinski definition) is 4. The van der Waals surface area contributed by atoms with Crippen molar-refractivity contribution in [2.24, 2.45) is 0 Å². The van der Waals surface area contributed by atoms with Crippen molar-refractivity contribution in [1.82, 2.24) is 25.3 Å². The fourth-order valence-corrected chi connectivity index (χ4v) is 3.03. The molecule has 2 aromatic rings. The summed E-state index contributed by atoms with van der Waals surface area (Å²) >= 11 is 0. The molecular formula is C18H25ClFN5O. The monoisotopic (exact) mass is 381 g/mol. The lowest BCUT2D eigenvalue weighted by Gasteiger charge is -2.27. The van der Waals surface area contributed by atoms with E-state index < -0.39 is 0 Å². The summed E-state index contributed by atoms with van der Waals surface area (Å²) in [6, 6.07) is 6.40. The molecule has 0 aliphatic carbocycles. The SMILES string of the molecule is Cc1c(C(=O)NCCCN2CCNCC2)cnn1-c1ccccc1F.Cl. The number of nitrogens with zero attached hydrogens (tertiary/aromatic N) is 3. The van der Waals surface area contributed by atoms with Crippen molar-refractivity contribution in [2.45, 2.75) is 13.3 Å². The molecule has 3 rings (SSSR count). The quantitative estimate of drug-likeness (QED) is 0.749. The van der Waals surface area contributed by atoms with Crippen molar-refractivity contribution in [3.8, 4) is 5.69 Å². The third-order valence-corrected chi connectivity index (χ3v) is 4.48. The van der Waals surface area contributed by atoms with E-state index in [1.54, 1.807) is 25.1 Å². The van der Waals surface area contributed by atoms with Crippen LogP contribution in [-0.4, -0.2) is 59.9 Å². The number of carbonyl (C=O) groups is 1. The summed E-state index contributed by atoms with van der Waals surface area (Å²) in [5.74, 6) is -0.530. The van der Waals surface area contributed by atoms with Gasteiger partial charge in [0, 0.05) is 32.7 Å². The molecule has 2 heterocycles. The van der Waals surface area contributed by atoms with Crippen LogP contribution < -0.4 is 10.6 Å². The molecule has 6 nitrogen and oxygen atoms in total. The molecule has 0 saturated carbocycles. The van der Waals surface area contributed by atoms with Crippen LogP contribution in [0.5, 0.6) is 0 Å². The second-order valence-electron chi connectivity index (χ2n) is 6.21. The molecule has 1 aromatic carbocycles. The molecule has 1 fully saturated rings. The Morgan fingerprint density at radius 2 is 2.04 bits per heavy atom. The second kappa shape index (κ2) is 9.66. The Morgan fingerprint density at radius 1 is 1.31 bits per heavy atom. The molecule has 1 aromatic heterocycles. The van der Waals surface area contributed by atoms with Gasteiger partial charge in [0.1, 0.15) is 11.5 Å². The van der Waals surface area contributed by atoms with E-state index in [1.165, 1.54) is 16.9 Å². The van der Waals surface area contributed by atoms with Crippen LogP contribution in [0, 0.1) is 12.7 Å². The lowest BCUT2D eigenvalue weighted by Crippen LogP contribution is -2.44. The number of aromatic nitrogens is 2. The molecule has 8 heteroatoms. The van der Waals surface area contributed by atoms with Gasteiger partial charge in [-0.1, -0.05) is 12.1 Å². The third-order valence-electron chi connectivity index (χ3n) is 4.48. The number of carbonyl (C=O) groups excluding carboxylic acids is 1. The van der Waals surface area contributed by atoms with Gasteiger partial charge in [-0.05, 0) is 32.0 Å². The van der Waals surface area contributed by atoms with Gasteiger partial charge in [0.2, 0.25) is 0 Å². The summed E-state index contributed by atoms with van der Waals surface area (Å²) in [6.45, 7) is 7.55. The zero-order chi connectivity index (χ0) is 17.6. The summed E-state index contributed by atoms with van der Waals surface area (Å²) in [5.41, 5.74) is 1.45. The van der Waals surface area contributed by atoms with E-state index in [1.807, 2.05) is 0 Å². The van der Waals surface area contributed by atoms with Gasteiger partial charge in [-0.15, -0.1) is 12.4 Å². The fraction of sp³-hybridized carbons (Fsp3) is 0.444. The van der Waals surface area contributed by atoms with Gasteiger partial charge in [-0.3, -0.25) is 4.79 Å². The summed E-state index contributed by atoms with van der Waals surface area (Å²) in [4.78, 5) is 14.8. The van der Waals surface area contributed by atoms with Crippen LogP contribution in [0.15, 0.2) is 30.5 Å². The molecular weight excluding hydrogens is 357 g/mol. The van der Waals surface area contributed by atoms with Gasteiger partial charge >= 0.3 is 0 Å². The molecule has 1 aliphatic rings. The summed E-state index contributed by atoms with van der Waals surface area (Å²) in [7, 11) is 0. The minimum Gasteiger partial charge on any atom is -0.352 e. The largest absolute Gasteiger partial charge is 0.352 e. The van der Waals surface area contributed by atoms with Gasteiger partial charge in [0.15, 0.2) is 0 Å². The van der Waals surface area contributed by atoms with Crippen LogP contribution in [0.1, 0.15) is 22.5 Å². The first-order chi connectivity index (χ1) is 12.2. The van der Waals surface area contributed by atoms with Gasteiger partial charge in [0.05, 0.1) is 17.5 Å². The maximum absolute atomic E-state index is 13.9. The molecule has 1 saturated heterocycles. The zero-order valence-electron chi connectivity index (χ0n) is 14.9. The smallest absolute Gasteiger partial charge is 0.254 e. The highest BCUT2D eigenvalue weighted by Gasteiger charge is 2.16. The van der Waals surface area contributed by atoms with Crippen molar-refractivity contribution < 1.29 is 9.18 Å².